The number of anilines is 2. The second kappa shape index (κ2) is 4.61. The molecule has 0 aliphatic heterocycles. The highest BCUT2D eigenvalue weighted by Gasteiger charge is 2.10. The predicted octanol–water partition coefficient (Wildman–Crippen LogP) is 1.94. The van der Waals surface area contributed by atoms with Gasteiger partial charge in [-0.3, -0.25) is 0 Å². The molecule has 1 heterocycles. The van der Waals surface area contributed by atoms with Crippen LogP contribution in [-0.4, -0.2) is 28.1 Å². The number of carboxylic acids is 1. The Bertz CT molecular complexity index is 528. The van der Waals surface area contributed by atoms with Crippen LogP contribution in [-0.2, 0) is 0 Å². The van der Waals surface area contributed by atoms with Crippen molar-refractivity contribution in [2.24, 2.45) is 0 Å². The van der Waals surface area contributed by atoms with Gasteiger partial charge in [-0.2, -0.15) is 0 Å². The molecule has 1 aromatic heterocycles. The SMILES string of the molecule is CN(c1ccccc1)c1nccc(C(=O)O)n1. The summed E-state index contributed by atoms with van der Waals surface area (Å²) >= 11 is 0. The zero-order valence-corrected chi connectivity index (χ0v) is 9.24. The van der Waals surface area contributed by atoms with Gasteiger partial charge in [0.05, 0.1) is 0 Å². The molecular weight excluding hydrogens is 218 g/mol. The first kappa shape index (κ1) is 11.1. The molecule has 0 aliphatic carbocycles. The molecule has 2 aromatic rings. The quantitative estimate of drug-likeness (QED) is 0.871. The summed E-state index contributed by atoms with van der Waals surface area (Å²) in [5, 5.41) is 8.85. The molecule has 5 heteroatoms. The van der Waals surface area contributed by atoms with E-state index >= 15 is 0 Å². The number of hydrogen-bond acceptors (Lipinski definition) is 4. The Kier molecular flexibility index (Phi) is 3.00. The molecule has 0 fully saturated rings. The lowest BCUT2D eigenvalue weighted by Gasteiger charge is -2.16. The maximum Gasteiger partial charge on any atom is 0.354 e. The van der Waals surface area contributed by atoms with Gasteiger partial charge in [-0.25, -0.2) is 14.8 Å². The molecule has 0 bridgehead atoms. The van der Waals surface area contributed by atoms with E-state index in [0.717, 1.165) is 5.69 Å². The van der Waals surface area contributed by atoms with E-state index in [1.807, 2.05) is 30.3 Å². The Morgan fingerprint density at radius 3 is 2.59 bits per heavy atom. The fourth-order valence-electron chi connectivity index (χ4n) is 1.40. The minimum Gasteiger partial charge on any atom is -0.477 e. The highest BCUT2D eigenvalue weighted by Crippen LogP contribution is 2.18. The van der Waals surface area contributed by atoms with E-state index in [4.69, 9.17) is 5.11 Å². The molecule has 17 heavy (non-hydrogen) atoms. The highest BCUT2D eigenvalue weighted by atomic mass is 16.4. The number of para-hydroxylation sites is 1. The molecule has 0 radical (unpaired) electrons. The van der Waals surface area contributed by atoms with Crippen LogP contribution in [0.2, 0.25) is 0 Å². The Balaban J connectivity index is 2.34. The van der Waals surface area contributed by atoms with Gasteiger partial charge in [0.1, 0.15) is 0 Å². The third-order valence-electron chi connectivity index (χ3n) is 2.31. The van der Waals surface area contributed by atoms with Crippen molar-refractivity contribution in [3.63, 3.8) is 0 Å². The average Bonchev–Trinajstić information content (AvgIpc) is 2.39. The molecule has 86 valence electrons. The van der Waals surface area contributed by atoms with Gasteiger partial charge in [-0.1, -0.05) is 18.2 Å². The molecule has 0 saturated heterocycles. The predicted molar refractivity (Wildman–Crippen MR) is 63.5 cm³/mol. The molecule has 0 aliphatic rings. The number of benzene rings is 1. The van der Waals surface area contributed by atoms with Gasteiger partial charge < -0.3 is 10.0 Å². The number of carbonyl (C=O) groups is 1. The molecule has 0 atom stereocenters. The van der Waals surface area contributed by atoms with Crippen molar-refractivity contribution in [3.05, 3.63) is 48.3 Å². The molecule has 0 saturated carbocycles. The number of rotatable bonds is 3. The van der Waals surface area contributed by atoms with Crippen molar-refractivity contribution in [1.29, 1.82) is 0 Å². The Hall–Kier alpha value is -2.43. The molecule has 1 N–H and O–H groups in total. The molecule has 2 rings (SSSR count). The van der Waals surface area contributed by atoms with E-state index in [1.165, 1.54) is 12.3 Å². The number of aromatic carboxylic acids is 1. The van der Waals surface area contributed by atoms with Gasteiger partial charge in [0, 0.05) is 18.9 Å². The summed E-state index contributed by atoms with van der Waals surface area (Å²) < 4.78 is 0. The Morgan fingerprint density at radius 2 is 1.94 bits per heavy atom. The molecule has 0 spiro atoms. The van der Waals surface area contributed by atoms with Crippen molar-refractivity contribution in [2.75, 3.05) is 11.9 Å². The minimum atomic E-state index is -1.06. The van der Waals surface area contributed by atoms with E-state index < -0.39 is 5.97 Å². The number of hydrogen-bond donors (Lipinski definition) is 1. The van der Waals surface area contributed by atoms with Crippen LogP contribution < -0.4 is 4.90 Å². The van der Waals surface area contributed by atoms with E-state index in [-0.39, 0.29) is 5.69 Å². The molecule has 0 unspecified atom stereocenters. The third-order valence-corrected chi connectivity index (χ3v) is 2.31. The van der Waals surface area contributed by atoms with Crippen LogP contribution >= 0.6 is 0 Å². The lowest BCUT2D eigenvalue weighted by molar-refractivity contribution is 0.0690. The van der Waals surface area contributed by atoms with Crippen LogP contribution in [0.15, 0.2) is 42.6 Å². The summed E-state index contributed by atoms with van der Waals surface area (Å²) in [6, 6.07) is 10.9. The van der Waals surface area contributed by atoms with E-state index in [0.29, 0.717) is 5.95 Å². The van der Waals surface area contributed by atoms with Gasteiger partial charge in [0.2, 0.25) is 5.95 Å². The fraction of sp³-hybridized carbons (Fsp3) is 0.0833. The molecule has 5 nitrogen and oxygen atoms in total. The van der Waals surface area contributed by atoms with Crippen LogP contribution in [0.25, 0.3) is 0 Å². The summed E-state index contributed by atoms with van der Waals surface area (Å²) in [6.45, 7) is 0. The van der Waals surface area contributed by atoms with Gasteiger partial charge in [0.25, 0.3) is 0 Å². The average molecular weight is 229 g/mol. The van der Waals surface area contributed by atoms with Crippen LogP contribution in [0.1, 0.15) is 10.5 Å². The van der Waals surface area contributed by atoms with Crippen molar-refractivity contribution in [1.82, 2.24) is 9.97 Å². The van der Waals surface area contributed by atoms with Crippen molar-refractivity contribution in [2.45, 2.75) is 0 Å². The van der Waals surface area contributed by atoms with Crippen molar-refractivity contribution >= 4 is 17.6 Å². The first-order valence-electron chi connectivity index (χ1n) is 5.03. The Labute approximate surface area is 98.4 Å². The molecule has 1 aromatic carbocycles. The smallest absolute Gasteiger partial charge is 0.354 e. The summed E-state index contributed by atoms with van der Waals surface area (Å²) in [6.07, 6.45) is 1.44. The van der Waals surface area contributed by atoms with Crippen molar-refractivity contribution < 1.29 is 9.90 Å². The van der Waals surface area contributed by atoms with Crippen LogP contribution in [0.3, 0.4) is 0 Å². The van der Waals surface area contributed by atoms with E-state index in [1.54, 1.807) is 11.9 Å². The largest absolute Gasteiger partial charge is 0.477 e. The van der Waals surface area contributed by atoms with Gasteiger partial charge in [-0.15, -0.1) is 0 Å². The summed E-state index contributed by atoms with van der Waals surface area (Å²) in [7, 11) is 1.79. The number of aromatic nitrogens is 2. The van der Waals surface area contributed by atoms with Crippen LogP contribution in [0, 0.1) is 0 Å². The standard InChI is InChI=1S/C12H11N3O2/c1-15(9-5-3-2-4-6-9)12-13-8-7-10(14-12)11(16)17/h2-8H,1H3,(H,16,17). The number of nitrogens with zero attached hydrogens (tertiary/aromatic N) is 3. The summed E-state index contributed by atoms with van der Waals surface area (Å²) in [4.78, 5) is 20.5. The highest BCUT2D eigenvalue weighted by molar-refractivity contribution is 5.85. The van der Waals surface area contributed by atoms with Gasteiger partial charge in [0.15, 0.2) is 5.69 Å². The fourth-order valence-corrected chi connectivity index (χ4v) is 1.40. The van der Waals surface area contributed by atoms with Crippen LogP contribution in [0.4, 0.5) is 11.6 Å². The molecular formula is C12H11N3O2. The second-order valence-electron chi connectivity index (χ2n) is 3.44. The van der Waals surface area contributed by atoms with Crippen LogP contribution in [0.5, 0.6) is 0 Å². The van der Waals surface area contributed by atoms with E-state index in [2.05, 4.69) is 9.97 Å². The molecule has 0 amide bonds. The summed E-state index contributed by atoms with van der Waals surface area (Å²) in [5.74, 6) is -0.703. The lowest BCUT2D eigenvalue weighted by atomic mass is 10.3. The lowest BCUT2D eigenvalue weighted by Crippen LogP contribution is -2.14. The maximum absolute atomic E-state index is 10.8. The zero-order valence-electron chi connectivity index (χ0n) is 9.24. The minimum absolute atomic E-state index is 0.0159. The van der Waals surface area contributed by atoms with Crippen molar-refractivity contribution in [3.8, 4) is 0 Å². The maximum atomic E-state index is 10.8. The summed E-state index contributed by atoms with van der Waals surface area (Å²) in [5.41, 5.74) is 0.882. The Morgan fingerprint density at radius 1 is 1.24 bits per heavy atom. The third kappa shape index (κ3) is 2.39. The monoisotopic (exact) mass is 229 g/mol. The van der Waals surface area contributed by atoms with Gasteiger partial charge in [-0.05, 0) is 18.2 Å². The normalized spacial score (nSPS) is 9.94. The van der Waals surface area contributed by atoms with E-state index in [9.17, 15) is 4.79 Å². The zero-order chi connectivity index (χ0) is 12.3. The first-order chi connectivity index (χ1) is 8.18. The number of carboxylic acid groups (broad SMARTS) is 1. The second-order valence-corrected chi connectivity index (χ2v) is 3.44. The topological polar surface area (TPSA) is 66.3 Å². The van der Waals surface area contributed by atoms with Gasteiger partial charge >= 0.3 is 5.97 Å². The first-order valence-corrected chi connectivity index (χ1v) is 5.03.